The van der Waals surface area contributed by atoms with Crippen LogP contribution >= 0.6 is 0 Å². The number of hydrogen-bond donors (Lipinski definition) is 2. The van der Waals surface area contributed by atoms with Crippen LogP contribution in [0.1, 0.15) is 27.3 Å². The lowest BCUT2D eigenvalue weighted by Crippen LogP contribution is -2.33. The van der Waals surface area contributed by atoms with Gasteiger partial charge in [-0.2, -0.15) is 0 Å². The first-order chi connectivity index (χ1) is 10.6. The summed E-state index contributed by atoms with van der Waals surface area (Å²) in [5, 5.41) is 9.28. The van der Waals surface area contributed by atoms with Gasteiger partial charge in [0.2, 0.25) is 0 Å². The highest BCUT2D eigenvalue weighted by Gasteiger charge is 2.20. The number of carbonyl (C=O) groups is 1. The minimum Gasteiger partial charge on any atom is -0.496 e. The summed E-state index contributed by atoms with van der Waals surface area (Å²) in [6.07, 6.45) is 0. The van der Waals surface area contributed by atoms with Crippen LogP contribution in [0.5, 0.6) is 5.75 Å². The molecule has 1 amide bonds. The molecule has 0 aliphatic heterocycles. The smallest absolute Gasteiger partial charge is 0.270 e. The van der Waals surface area contributed by atoms with Crippen molar-refractivity contribution in [2.45, 2.75) is 20.4 Å². The fourth-order valence-electron chi connectivity index (χ4n) is 2.52. The Balaban J connectivity index is 2.26. The van der Waals surface area contributed by atoms with Crippen LogP contribution in [0.2, 0.25) is 0 Å². The zero-order valence-corrected chi connectivity index (χ0v) is 13.2. The molecule has 0 bridgehead atoms. The largest absolute Gasteiger partial charge is 0.496 e. The number of amides is 1. The van der Waals surface area contributed by atoms with E-state index in [9.17, 15) is 9.90 Å². The lowest BCUT2D eigenvalue weighted by Gasteiger charge is -2.22. The zero-order valence-electron chi connectivity index (χ0n) is 13.2. The Morgan fingerprint density at radius 2 is 2.05 bits per heavy atom. The van der Waals surface area contributed by atoms with Crippen molar-refractivity contribution in [2.75, 3.05) is 20.3 Å². The third kappa shape index (κ3) is 3.49. The van der Waals surface area contributed by atoms with Crippen molar-refractivity contribution in [1.29, 1.82) is 0 Å². The summed E-state index contributed by atoms with van der Waals surface area (Å²) in [6, 6.07) is 9.51. The zero-order chi connectivity index (χ0) is 16.1. The number of nitrogens with one attached hydrogen (secondary N) is 1. The minimum absolute atomic E-state index is 0.0837. The van der Waals surface area contributed by atoms with Gasteiger partial charge in [-0.1, -0.05) is 18.2 Å². The maximum absolute atomic E-state index is 12.7. The Morgan fingerprint density at radius 1 is 1.32 bits per heavy atom. The summed E-state index contributed by atoms with van der Waals surface area (Å²) in [6.45, 7) is 4.40. The minimum atomic E-state index is -0.120. The van der Waals surface area contributed by atoms with Gasteiger partial charge in [-0.15, -0.1) is 0 Å². The van der Waals surface area contributed by atoms with Gasteiger partial charge in [0, 0.05) is 24.3 Å². The molecule has 5 heteroatoms. The second-order valence-electron chi connectivity index (χ2n) is 5.27. The Bertz CT molecular complexity index is 649. The van der Waals surface area contributed by atoms with Crippen molar-refractivity contribution in [2.24, 2.45) is 0 Å². The molecule has 118 valence electrons. The van der Waals surface area contributed by atoms with E-state index in [0.717, 1.165) is 22.6 Å². The number of ether oxygens (including phenoxy) is 1. The normalized spacial score (nSPS) is 10.5. The standard InChI is InChI=1S/C17H22N2O3/c1-12-10-13(2)18-16(12)17(21)19(8-9-20)11-14-6-4-5-7-15(14)22-3/h4-7,10,18,20H,8-9,11H2,1-3H3. The van der Waals surface area contributed by atoms with Crippen molar-refractivity contribution in [3.63, 3.8) is 0 Å². The van der Waals surface area contributed by atoms with E-state index in [1.165, 1.54) is 0 Å². The molecule has 0 atom stereocenters. The number of aryl methyl sites for hydroxylation is 2. The highest BCUT2D eigenvalue weighted by Crippen LogP contribution is 2.21. The Morgan fingerprint density at radius 3 is 2.64 bits per heavy atom. The van der Waals surface area contributed by atoms with E-state index in [1.807, 2.05) is 44.2 Å². The summed E-state index contributed by atoms with van der Waals surface area (Å²) in [5.41, 5.74) is 3.33. The molecule has 5 nitrogen and oxygen atoms in total. The molecular formula is C17H22N2O3. The van der Waals surface area contributed by atoms with E-state index in [0.29, 0.717) is 12.2 Å². The van der Waals surface area contributed by atoms with Gasteiger partial charge < -0.3 is 19.7 Å². The predicted molar refractivity (Wildman–Crippen MR) is 85.1 cm³/mol. The average molecular weight is 302 g/mol. The average Bonchev–Trinajstić information content (AvgIpc) is 2.85. The van der Waals surface area contributed by atoms with Crippen molar-refractivity contribution in [1.82, 2.24) is 9.88 Å². The SMILES string of the molecule is COc1ccccc1CN(CCO)C(=O)c1[nH]c(C)cc1C. The second kappa shape index (κ2) is 7.13. The van der Waals surface area contributed by atoms with Gasteiger partial charge in [-0.3, -0.25) is 4.79 Å². The molecule has 2 N–H and O–H groups in total. The van der Waals surface area contributed by atoms with Crippen LogP contribution in [0.15, 0.2) is 30.3 Å². The van der Waals surface area contributed by atoms with Crippen molar-refractivity contribution in [3.05, 3.63) is 52.8 Å². The van der Waals surface area contributed by atoms with Gasteiger partial charge in [0.15, 0.2) is 0 Å². The summed E-state index contributed by atoms with van der Waals surface area (Å²) in [5.74, 6) is 0.614. The number of benzene rings is 1. The highest BCUT2D eigenvalue weighted by atomic mass is 16.5. The molecule has 2 aromatic rings. The molecule has 0 aliphatic rings. The molecule has 22 heavy (non-hydrogen) atoms. The maximum Gasteiger partial charge on any atom is 0.270 e. The topological polar surface area (TPSA) is 65.6 Å². The molecule has 1 aromatic carbocycles. The second-order valence-corrected chi connectivity index (χ2v) is 5.27. The van der Waals surface area contributed by atoms with Crippen molar-refractivity contribution in [3.8, 4) is 5.75 Å². The van der Waals surface area contributed by atoms with Gasteiger partial charge >= 0.3 is 0 Å². The van der Waals surface area contributed by atoms with E-state index in [4.69, 9.17) is 4.74 Å². The third-order valence-corrected chi connectivity index (χ3v) is 3.57. The molecule has 0 saturated heterocycles. The number of aliphatic hydroxyl groups is 1. The van der Waals surface area contributed by atoms with Crippen LogP contribution < -0.4 is 4.74 Å². The van der Waals surface area contributed by atoms with E-state index >= 15 is 0 Å². The lowest BCUT2D eigenvalue weighted by molar-refractivity contribution is 0.0700. The number of rotatable bonds is 6. The molecule has 0 radical (unpaired) electrons. The van der Waals surface area contributed by atoms with Gasteiger partial charge in [0.25, 0.3) is 5.91 Å². The van der Waals surface area contributed by atoms with Crippen LogP contribution in [-0.2, 0) is 6.54 Å². The van der Waals surface area contributed by atoms with E-state index in [2.05, 4.69) is 4.98 Å². The van der Waals surface area contributed by atoms with Gasteiger partial charge in [-0.05, 0) is 31.5 Å². The van der Waals surface area contributed by atoms with Crippen LogP contribution in [0.25, 0.3) is 0 Å². The van der Waals surface area contributed by atoms with Crippen LogP contribution in [0.4, 0.5) is 0 Å². The van der Waals surface area contributed by atoms with Gasteiger partial charge in [-0.25, -0.2) is 0 Å². The number of aromatic amines is 1. The Labute approximate surface area is 130 Å². The monoisotopic (exact) mass is 302 g/mol. The first kappa shape index (κ1) is 16.1. The number of hydrogen-bond acceptors (Lipinski definition) is 3. The van der Waals surface area contributed by atoms with E-state index in [-0.39, 0.29) is 19.1 Å². The number of H-pyrrole nitrogens is 1. The van der Waals surface area contributed by atoms with Gasteiger partial charge in [0.05, 0.1) is 13.7 Å². The number of carbonyl (C=O) groups excluding carboxylic acids is 1. The van der Waals surface area contributed by atoms with E-state index < -0.39 is 0 Å². The molecule has 1 aromatic heterocycles. The molecule has 0 spiro atoms. The third-order valence-electron chi connectivity index (χ3n) is 3.57. The Kier molecular flexibility index (Phi) is 5.22. The summed E-state index contributed by atoms with van der Waals surface area (Å²) in [4.78, 5) is 17.4. The van der Waals surface area contributed by atoms with Crippen molar-refractivity contribution >= 4 is 5.91 Å². The number of aromatic nitrogens is 1. The van der Waals surface area contributed by atoms with Crippen LogP contribution in [-0.4, -0.2) is 41.2 Å². The first-order valence-corrected chi connectivity index (χ1v) is 7.25. The molecule has 0 unspecified atom stereocenters. The first-order valence-electron chi connectivity index (χ1n) is 7.25. The number of aliphatic hydroxyl groups excluding tert-OH is 1. The lowest BCUT2D eigenvalue weighted by atomic mass is 10.1. The highest BCUT2D eigenvalue weighted by molar-refractivity contribution is 5.94. The maximum atomic E-state index is 12.7. The quantitative estimate of drug-likeness (QED) is 0.860. The predicted octanol–water partition coefficient (Wildman–Crippen LogP) is 2.27. The summed E-state index contributed by atoms with van der Waals surface area (Å²) >= 11 is 0. The van der Waals surface area contributed by atoms with Crippen LogP contribution in [0.3, 0.4) is 0 Å². The summed E-state index contributed by atoms with van der Waals surface area (Å²) in [7, 11) is 1.61. The molecule has 0 saturated carbocycles. The number of methoxy groups -OCH3 is 1. The summed E-state index contributed by atoms with van der Waals surface area (Å²) < 4.78 is 5.33. The molecular weight excluding hydrogens is 280 g/mol. The van der Waals surface area contributed by atoms with E-state index in [1.54, 1.807) is 12.0 Å². The number of para-hydroxylation sites is 1. The fourth-order valence-corrected chi connectivity index (χ4v) is 2.52. The Hall–Kier alpha value is -2.27. The molecule has 1 heterocycles. The van der Waals surface area contributed by atoms with Crippen LogP contribution in [0, 0.1) is 13.8 Å². The number of nitrogens with zero attached hydrogens (tertiary/aromatic N) is 1. The molecule has 0 aliphatic carbocycles. The molecule has 0 fully saturated rings. The van der Waals surface area contributed by atoms with Crippen molar-refractivity contribution < 1.29 is 14.6 Å². The fraction of sp³-hybridized carbons (Fsp3) is 0.353. The van der Waals surface area contributed by atoms with Gasteiger partial charge in [0.1, 0.15) is 11.4 Å². The molecule has 2 rings (SSSR count).